The van der Waals surface area contributed by atoms with Crippen molar-refractivity contribution in [2.24, 2.45) is 11.3 Å². The van der Waals surface area contributed by atoms with E-state index >= 15 is 0 Å². The molecule has 0 aliphatic carbocycles. The van der Waals surface area contributed by atoms with Crippen molar-refractivity contribution in [1.29, 1.82) is 0 Å². The van der Waals surface area contributed by atoms with Gasteiger partial charge in [-0.15, -0.1) is 0 Å². The van der Waals surface area contributed by atoms with E-state index in [1.54, 1.807) is 0 Å². The highest BCUT2D eigenvalue weighted by Gasteiger charge is 2.25. The third kappa shape index (κ3) is 6.55. The molecule has 20 heavy (non-hydrogen) atoms. The highest BCUT2D eigenvalue weighted by atomic mass is 16.3. The van der Waals surface area contributed by atoms with E-state index in [0.29, 0.717) is 24.0 Å². The van der Waals surface area contributed by atoms with Crippen molar-refractivity contribution in [2.75, 3.05) is 32.8 Å². The summed E-state index contributed by atoms with van der Waals surface area (Å²) < 4.78 is 0. The molecule has 0 aromatic carbocycles. The normalized spacial score (nSPS) is 22.9. The van der Waals surface area contributed by atoms with Crippen LogP contribution in [0.25, 0.3) is 0 Å². The van der Waals surface area contributed by atoms with Crippen molar-refractivity contribution in [1.82, 2.24) is 10.2 Å². The van der Waals surface area contributed by atoms with Crippen molar-refractivity contribution in [3.8, 4) is 0 Å². The first-order chi connectivity index (χ1) is 9.47. The van der Waals surface area contributed by atoms with Crippen molar-refractivity contribution in [3.05, 3.63) is 0 Å². The summed E-state index contributed by atoms with van der Waals surface area (Å²) in [7, 11) is 0. The second-order valence-corrected chi connectivity index (χ2v) is 7.48. The van der Waals surface area contributed by atoms with Gasteiger partial charge in [-0.1, -0.05) is 27.7 Å². The monoisotopic (exact) mass is 284 g/mol. The van der Waals surface area contributed by atoms with Gasteiger partial charge in [-0.25, -0.2) is 0 Å². The molecule has 2 atom stereocenters. The quantitative estimate of drug-likeness (QED) is 0.719. The van der Waals surface area contributed by atoms with Crippen LogP contribution < -0.4 is 5.32 Å². The predicted molar refractivity (Wildman–Crippen MR) is 87.0 cm³/mol. The Bertz CT molecular complexity index is 248. The Kier molecular flexibility index (Phi) is 8.08. The van der Waals surface area contributed by atoms with E-state index in [4.69, 9.17) is 5.11 Å². The van der Waals surface area contributed by atoms with Crippen LogP contribution >= 0.6 is 0 Å². The highest BCUT2D eigenvalue weighted by Crippen LogP contribution is 2.24. The fraction of sp³-hybridized carbons (Fsp3) is 1.00. The van der Waals surface area contributed by atoms with E-state index in [1.807, 2.05) is 0 Å². The topological polar surface area (TPSA) is 35.5 Å². The van der Waals surface area contributed by atoms with Crippen LogP contribution in [0.2, 0.25) is 0 Å². The zero-order valence-corrected chi connectivity index (χ0v) is 14.1. The van der Waals surface area contributed by atoms with Gasteiger partial charge in [0, 0.05) is 19.2 Å². The summed E-state index contributed by atoms with van der Waals surface area (Å²) in [5, 5.41) is 12.8. The minimum absolute atomic E-state index is 0.329. The molecule has 3 heteroatoms. The molecule has 3 nitrogen and oxygen atoms in total. The van der Waals surface area contributed by atoms with Crippen LogP contribution in [0.15, 0.2) is 0 Å². The second-order valence-electron chi connectivity index (χ2n) is 7.48. The lowest BCUT2D eigenvalue weighted by molar-refractivity contribution is 0.133. The molecule has 1 fully saturated rings. The Labute approximate surface area is 126 Å². The average molecular weight is 284 g/mol. The van der Waals surface area contributed by atoms with Gasteiger partial charge in [-0.05, 0) is 63.1 Å². The van der Waals surface area contributed by atoms with Crippen molar-refractivity contribution in [3.63, 3.8) is 0 Å². The summed E-state index contributed by atoms with van der Waals surface area (Å²) in [4.78, 5) is 2.61. The summed E-state index contributed by atoms with van der Waals surface area (Å²) in [6, 6.07) is 0.598. The molecule has 1 aliphatic heterocycles. The average Bonchev–Trinajstić information content (AvgIpc) is 2.38. The van der Waals surface area contributed by atoms with Gasteiger partial charge in [0.1, 0.15) is 0 Å². The van der Waals surface area contributed by atoms with Crippen LogP contribution in [0.3, 0.4) is 0 Å². The van der Waals surface area contributed by atoms with Gasteiger partial charge in [-0.3, -0.25) is 0 Å². The number of likely N-dealkylation sites (tertiary alicyclic amines) is 1. The first kappa shape index (κ1) is 17.9. The first-order valence-electron chi connectivity index (χ1n) is 8.54. The largest absolute Gasteiger partial charge is 0.396 e. The molecule has 0 aromatic heterocycles. The van der Waals surface area contributed by atoms with Crippen LogP contribution in [0.1, 0.15) is 59.8 Å². The van der Waals surface area contributed by atoms with E-state index < -0.39 is 0 Å². The van der Waals surface area contributed by atoms with E-state index in [0.717, 1.165) is 13.0 Å². The smallest absolute Gasteiger partial charge is 0.0434 e. The molecule has 0 spiro atoms. The number of hydrogen-bond acceptors (Lipinski definition) is 3. The van der Waals surface area contributed by atoms with Crippen LogP contribution in [0.5, 0.6) is 0 Å². The molecule has 1 heterocycles. The number of hydrogen-bond donors (Lipinski definition) is 2. The van der Waals surface area contributed by atoms with E-state index in [-0.39, 0.29) is 0 Å². The molecule has 1 rings (SSSR count). The van der Waals surface area contributed by atoms with Gasteiger partial charge in [0.2, 0.25) is 0 Å². The molecule has 0 saturated carbocycles. The van der Waals surface area contributed by atoms with Gasteiger partial charge < -0.3 is 15.3 Å². The molecular formula is C17H36N2O. The van der Waals surface area contributed by atoms with Crippen molar-refractivity contribution in [2.45, 2.75) is 65.8 Å². The minimum atomic E-state index is 0.329. The van der Waals surface area contributed by atoms with Crippen LogP contribution in [-0.4, -0.2) is 48.8 Å². The van der Waals surface area contributed by atoms with Gasteiger partial charge in [0.05, 0.1) is 0 Å². The highest BCUT2D eigenvalue weighted by molar-refractivity contribution is 4.82. The summed E-state index contributed by atoms with van der Waals surface area (Å²) in [5.41, 5.74) is 0.329. The maximum Gasteiger partial charge on any atom is 0.0434 e. The number of piperidine rings is 1. The van der Waals surface area contributed by atoms with Crippen LogP contribution in [-0.2, 0) is 0 Å². The van der Waals surface area contributed by atoms with E-state index in [2.05, 4.69) is 37.9 Å². The maximum absolute atomic E-state index is 9.10. The third-order valence-electron chi connectivity index (χ3n) is 4.56. The molecule has 2 unspecified atom stereocenters. The fourth-order valence-electron chi connectivity index (χ4n) is 3.24. The molecule has 0 aromatic rings. The summed E-state index contributed by atoms with van der Waals surface area (Å²) in [6.07, 6.45) is 6.01. The van der Waals surface area contributed by atoms with Gasteiger partial charge in [0.25, 0.3) is 0 Å². The zero-order valence-electron chi connectivity index (χ0n) is 14.1. The summed E-state index contributed by atoms with van der Waals surface area (Å²) in [6.45, 7) is 14.3. The van der Waals surface area contributed by atoms with Gasteiger partial charge in [-0.2, -0.15) is 0 Å². The molecular weight excluding hydrogens is 248 g/mol. The standard InChI is InChI=1S/C17H36N2O/c1-5-10-18-16(17(2,3)4)8-12-19-11-6-7-15(14-19)9-13-20/h15-16,18,20H,5-14H2,1-4H3. The zero-order chi connectivity index (χ0) is 15.0. The number of nitrogens with one attached hydrogen (secondary N) is 1. The predicted octanol–water partition coefficient (Wildman–Crippen LogP) is 2.89. The minimum Gasteiger partial charge on any atom is -0.396 e. The molecule has 2 N–H and O–H groups in total. The Hall–Kier alpha value is -0.120. The number of nitrogens with zero attached hydrogens (tertiary/aromatic N) is 1. The van der Waals surface area contributed by atoms with Crippen LogP contribution in [0, 0.1) is 11.3 Å². The molecule has 1 aliphatic rings. The lowest BCUT2D eigenvalue weighted by Crippen LogP contribution is -2.44. The Balaban J connectivity index is 2.38. The maximum atomic E-state index is 9.10. The lowest BCUT2D eigenvalue weighted by Gasteiger charge is -2.36. The lowest BCUT2D eigenvalue weighted by atomic mass is 9.84. The number of aliphatic hydroxyl groups is 1. The van der Waals surface area contributed by atoms with Crippen molar-refractivity contribution < 1.29 is 5.11 Å². The SMILES string of the molecule is CCCNC(CCN1CCCC(CCO)C1)C(C)(C)C. The van der Waals surface area contributed by atoms with Gasteiger partial charge >= 0.3 is 0 Å². The molecule has 120 valence electrons. The summed E-state index contributed by atoms with van der Waals surface area (Å²) in [5.74, 6) is 0.713. The Morgan fingerprint density at radius 2 is 2.10 bits per heavy atom. The number of rotatable bonds is 8. The Morgan fingerprint density at radius 1 is 1.35 bits per heavy atom. The second kappa shape index (κ2) is 9.01. The van der Waals surface area contributed by atoms with Crippen LogP contribution in [0.4, 0.5) is 0 Å². The van der Waals surface area contributed by atoms with E-state index in [1.165, 1.54) is 45.3 Å². The van der Waals surface area contributed by atoms with E-state index in [9.17, 15) is 0 Å². The molecule has 0 amide bonds. The third-order valence-corrected chi connectivity index (χ3v) is 4.56. The molecule has 0 radical (unpaired) electrons. The molecule has 1 saturated heterocycles. The molecule has 0 bridgehead atoms. The van der Waals surface area contributed by atoms with Gasteiger partial charge in [0.15, 0.2) is 0 Å². The number of aliphatic hydroxyl groups excluding tert-OH is 1. The Morgan fingerprint density at radius 3 is 2.70 bits per heavy atom. The van der Waals surface area contributed by atoms with Crippen molar-refractivity contribution >= 4 is 0 Å². The first-order valence-corrected chi connectivity index (χ1v) is 8.54. The fourth-order valence-corrected chi connectivity index (χ4v) is 3.24. The summed E-state index contributed by atoms with van der Waals surface area (Å²) >= 11 is 0.